The van der Waals surface area contributed by atoms with Crippen molar-refractivity contribution in [2.24, 2.45) is 0 Å². The zero-order chi connectivity index (χ0) is 44.2. The van der Waals surface area contributed by atoms with E-state index in [1.54, 1.807) is 0 Å². The molecule has 3 aliphatic rings. The summed E-state index contributed by atoms with van der Waals surface area (Å²) in [5.74, 6) is 1.78. The average molecular weight is 846 g/mol. The van der Waals surface area contributed by atoms with Gasteiger partial charge < -0.3 is 9.64 Å². The van der Waals surface area contributed by atoms with Gasteiger partial charge in [0, 0.05) is 28.2 Å². The van der Waals surface area contributed by atoms with Gasteiger partial charge >= 0.3 is 0 Å². The van der Waals surface area contributed by atoms with E-state index in [4.69, 9.17) is 4.74 Å². The van der Waals surface area contributed by atoms with Crippen molar-refractivity contribution in [1.29, 1.82) is 0 Å². The molecule has 0 atom stereocenters. The lowest BCUT2D eigenvalue weighted by Gasteiger charge is -2.39. The number of para-hydroxylation sites is 2. The number of hydrogen-bond donors (Lipinski definition) is 0. The van der Waals surface area contributed by atoms with E-state index in [1.165, 1.54) is 66.8 Å². The summed E-state index contributed by atoms with van der Waals surface area (Å²) in [5, 5.41) is 0. The number of fused-ring (bicyclic) bond motifs is 12. The first-order chi connectivity index (χ1) is 32.7. The molecule has 0 saturated carbocycles. The van der Waals surface area contributed by atoms with Crippen molar-refractivity contribution >= 4 is 17.1 Å². The Kier molecular flexibility index (Phi) is 9.43. The van der Waals surface area contributed by atoms with Crippen LogP contribution in [0.2, 0.25) is 0 Å². The standard InChI is InChI=1S/C62H41NO.C2H6/c1-4-18-42(19-5-1)43-32-34-46(35-33-43)63(47-37-39-55-52(40-47)50-25-11-12-26-53(50)61(55,44-20-6-2-7-21-44)45-22-8-3-9-23-45)48-36-38-51-49-24-10-13-27-54(49)62(58(51)41-48)56-28-14-16-30-59(56)64-60-31-17-15-29-57(60)62;1-2/h1-41H;1-2H3. The van der Waals surface area contributed by atoms with E-state index >= 15 is 0 Å². The first-order valence-corrected chi connectivity index (χ1v) is 23.2. The predicted molar refractivity (Wildman–Crippen MR) is 273 cm³/mol. The third kappa shape index (κ3) is 5.68. The number of nitrogens with zero attached hydrogens (tertiary/aromatic N) is 1. The zero-order valence-electron chi connectivity index (χ0n) is 37.0. The van der Waals surface area contributed by atoms with Crippen LogP contribution in [-0.4, -0.2) is 0 Å². The normalized spacial score (nSPS) is 13.7. The molecule has 0 saturated heterocycles. The van der Waals surface area contributed by atoms with Crippen molar-refractivity contribution in [3.8, 4) is 44.9 Å². The molecule has 10 aromatic carbocycles. The van der Waals surface area contributed by atoms with Gasteiger partial charge in [-0.1, -0.05) is 214 Å². The van der Waals surface area contributed by atoms with E-state index in [2.05, 4.69) is 254 Å². The van der Waals surface area contributed by atoms with Crippen LogP contribution in [0, 0.1) is 0 Å². The van der Waals surface area contributed by atoms with Gasteiger partial charge in [-0.2, -0.15) is 0 Å². The molecule has 1 heterocycles. The molecule has 1 aliphatic heterocycles. The maximum Gasteiger partial charge on any atom is 0.132 e. The van der Waals surface area contributed by atoms with Crippen LogP contribution in [0.1, 0.15) is 58.4 Å². The smallest absolute Gasteiger partial charge is 0.132 e. The van der Waals surface area contributed by atoms with Crippen LogP contribution in [0.25, 0.3) is 33.4 Å². The van der Waals surface area contributed by atoms with Gasteiger partial charge in [-0.25, -0.2) is 0 Å². The quantitative estimate of drug-likeness (QED) is 0.165. The number of rotatable bonds is 6. The Hall–Kier alpha value is -8.20. The highest BCUT2D eigenvalue weighted by Gasteiger charge is 2.51. The summed E-state index contributed by atoms with van der Waals surface area (Å²) in [6, 6.07) is 91.2. The van der Waals surface area contributed by atoms with Crippen molar-refractivity contribution < 1.29 is 4.74 Å². The van der Waals surface area contributed by atoms with Crippen molar-refractivity contribution in [3.63, 3.8) is 0 Å². The van der Waals surface area contributed by atoms with E-state index in [-0.39, 0.29) is 0 Å². The van der Waals surface area contributed by atoms with Crippen LogP contribution < -0.4 is 9.64 Å². The molecule has 13 rings (SSSR count). The second-order valence-electron chi connectivity index (χ2n) is 17.1. The second kappa shape index (κ2) is 15.8. The SMILES string of the molecule is CC.c1ccc(-c2ccc(N(c3ccc4c(c3)-c3ccccc3C4(c3ccccc3)c3ccccc3)c3ccc4c(c3)C3(c5ccccc5Oc5ccccc53)c3ccccc3-4)cc2)cc1. The van der Waals surface area contributed by atoms with Gasteiger partial charge in [0.25, 0.3) is 0 Å². The Morgan fingerprint density at radius 3 is 1.30 bits per heavy atom. The molecule has 0 fully saturated rings. The van der Waals surface area contributed by atoms with Crippen molar-refractivity contribution in [3.05, 3.63) is 293 Å². The molecule has 0 N–H and O–H groups in total. The topological polar surface area (TPSA) is 12.5 Å². The first kappa shape index (κ1) is 39.4. The van der Waals surface area contributed by atoms with Crippen LogP contribution in [0.3, 0.4) is 0 Å². The van der Waals surface area contributed by atoms with Gasteiger partial charge in [-0.3, -0.25) is 0 Å². The summed E-state index contributed by atoms with van der Waals surface area (Å²) in [6.45, 7) is 4.00. The molecule has 0 radical (unpaired) electrons. The molecule has 0 bridgehead atoms. The third-order valence-electron chi connectivity index (χ3n) is 14.0. The van der Waals surface area contributed by atoms with Gasteiger partial charge in [0.1, 0.15) is 11.5 Å². The fourth-order valence-electron chi connectivity index (χ4n) is 11.4. The number of benzene rings is 10. The van der Waals surface area contributed by atoms with E-state index in [0.29, 0.717) is 0 Å². The summed E-state index contributed by atoms with van der Waals surface area (Å²) in [6.07, 6.45) is 0. The molecular weight excluding hydrogens is 799 g/mol. The Morgan fingerprint density at radius 2 is 0.697 bits per heavy atom. The molecule has 1 spiro atoms. The Labute approximate surface area is 387 Å². The molecule has 10 aromatic rings. The minimum absolute atomic E-state index is 0.481. The summed E-state index contributed by atoms with van der Waals surface area (Å²) in [4.78, 5) is 2.46. The highest BCUT2D eigenvalue weighted by molar-refractivity contribution is 5.93. The molecule has 2 heteroatoms. The van der Waals surface area contributed by atoms with Crippen molar-refractivity contribution in [2.75, 3.05) is 4.90 Å². The van der Waals surface area contributed by atoms with Crippen LogP contribution in [-0.2, 0) is 10.8 Å². The van der Waals surface area contributed by atoms with Gasteiger partial charge in [0.05, 0.1) is 10.8 Å². The van der Waals surface area contributed by atoms with Crippen LogP contribution in [0.4, 0.5) is 17.1 Å². The Morgan fingerprint density at radius 1 is 0.288 bits per heavy atom. The number of hydrogen-bond acceptors (Lipinski definition) is 2. The molecule has 2 aliphatic carbocycles. The van der Waals surface area contributed by atoms with Gasteiger partial charge in [-0.15, -0.1) is 0 Å². The number of ether oxygens (including phenoxy) is 1. The summed E-state index contributed by atoms with van der Waals surface area (Å²) >= 11 is 0. The van der Waals surface area contributed by atoms with E-state index in [0.717, 1.165) is 39.7 Å². The van der Waals surface area contributed by atoms with Gasteiger partial charge in [-0.05, 0) is 115 Å². The third-order valence-corrected chi connectivity index (χ3v) is 14.0. The summed E-state index contributed by atoms with van der Waals surface area (Å²) < 4.78 is 6.70. The molecule has 0 amide bonds. The molecular formula is C64H47NO. The lowest BCUT2D eigenvalue weighted by molar-refractivity contribution is 0.436. The van der Waals surface area contributed by atoms with Gasteiger partial charge in [0.15, 0.2) is 0 Å². The highest BCUT2D eigenvalue weighted by Crippen LogP contribution is 2.63. The van der Waals surface area contributed by atoms with E-state index < -0.39 is 10.8 Å². The predicted octanol–water partition coefficient (Wildman–Crippen LogP) is 16.7. The fourth-order valence-corrected chi connectivity index (χ4v) is 11.4. The summed E-state index contributed by atoms with van der Waals surface area (Å²) in [7, 11) is 0. The second-order valence-corrected chi connectivity index (χ2v) is 17.1. The maximum absolute atomic E-state index is 6.70. The lowest BCUT2D eigenvalue weighted by atomic mass is 9.66. The monoisotopic (exact) mass is 845 g/mol. The van der Waals surface area contributed by atoms with Crippen molar-refractivity contribution in [2.45, 2.75) is 24.7 Å². The minimum atomic E-state index is -0.585. The minimum Gasteiger partial charge on any atom is -0.457 e. The lowest BCUT2D eigenvalue weighted by Crippen LogP contribution is -2.32. The number of anilines is 3. The molecule has 66 heavy (non-hydrogen) atoms. The van der Waals surface area contributed by atoms with Crippen LogP contribution in [0.15, 0.2) is 249 Å². The molecule has 314 valence electrons. The molecule has 0 aromatic heterocycles. The molecule has 2 nitrogen and oxygen atoms in total. The highest BCUT2D eigenvalue weighted by atomic mass is 16.5. The van der Waals surface area contributed by atoms with Crippen molar-refractivity contribution in [1.82, 2.24) is 0 Å². The largest absolute Gasteiger partial charge is 0.457 e. The van der Waals surface area contributed by atoms with E-state index in [9.17, 15) is 0 Å². The van der Waals surface area contributed by atoms with Crippen LogP contribution in [0.5, 0.6) is 11.5 Å². The Balaban J connectivity index is 0.00000225. The maximum atomic E-state index is 6.70. The molecule has 0 unspecified atom stereocenters. The summed E-state index contributed by atoms with van der Waals surface area (Å²) in [5.41, 5.74) is 19.5. The van der Waals surface area contributed by atoms with Gasteiger partial charge in [0.2, 0.25) is 0 Å². The first-order valence-electron chi connectivity index (χ1n) is 23.2. The Bertz CT molecular complexity index is 3320. The van der Waals surface area contributed by atoms with E-state index in [1.807, 2.05) is 13.8 Å². The van der Waals surface area contributed by atoms with Crippen LogP contribution >= 0.6 is 0 Å². The zero-order valence-corrected chi connectivity index (χ0v) is 37.0. The fraction of sp³-hybridized carbons (Fsp3) is 0.0625. The average Bonchev–Trinajstić information content (AvgIpc) is 3.86.